The number of hydrogen-bond acceptors (Lipinski definition) is 4. The van der Waals surface area contributed by atoms with Gasteiger partial charge in [0.1, 0.15) is 0 Å². The molecule has 1 aromatic heterocycles. The topological polar surface area (TPSA) is 37.0 Å². The number of nitrogens with one attached hydrogen (secondary N) is 2. The molecule has 3 rings (SSSR count). The van der Waals surface area contributed by atoms with E-state index in [4.69, 9.17) is 0 Å². The van der Waals surface area contributed by atoms with Gasteiger partial charge < -0.3 is 10.6 Å². The summed E-state index contributed by atoms with van der Waals surface area (Å²) in [5.74, 6) is 0. The second-order valence-electron chi connectivity index (χ2n) is 5.69. The van der Waals surface area contributed by atoms with Gasteiger partial charge in [-0.3, -0.25) is 0 Å². The van der Waals surface area contributed by atoms with Gasteiger partial charge in [0.05, 0.1) is 15.7 Å². The highest BCUT2D eigenvalue weighted by Gasteiger charge is 2.31. The van der Waals surface area contributed by atoms with E-state index in [1.165, 1.54) is 16.8 Å². The molecule has 2 N–H and O–H groups in total. The van der Waals surface area contributed by atoms with E-state index in [0.29, 0.717) is 11.5 Å². The summed E-state index contributed by atoms with van der Waals surface area (Å²) < 4.78 is 1.26. The first-order chi connectivity index (χ1) is 8.65. The van der Waals surface area contributed by atoms with Crippen molar-refractivity contribution in [2.75, 3.05) is 18.4 Å². The second-order valence-corrected chi connectivity index (χ2v) is 6.57. The van der Waals surface area contributed by atoms with Crippen LogP contribution in [0.1, 0.15) is 20.3 Å². The lowest BCUT2D eigenvalue weighted by Crippen LogP contribution is -2.49. The van der Waals surface area contributed by atoms with E-state index in [-0.39, 0.29) is 0 Å². The van der Waals surface area contributed by atoms with E-state index < -0.39 is 0 Å². The van der Waals surface area contributed by atoms with E-state index in [2.05, 4.69) is 47.7 Å². The Kier molecular flexibility index (Phi) is 2.99. The molecule has 1 unspecified atom stereocenters. The van der Waals surface area contributed by atoms with Gasteiger partial charge >= 0.3 is 0 Å². The third-order valence-electron chi connectivity index (χ3n) is 3.81. The molecule has 1 saturated heterocycles. The van der Waals surface area contributed by atoms with Gasteiger partial charge in [0.2, 0.25) is 0 Å². The maximum absolute atomic E-state index is 4.32. The maximum Gasteiger partial charge on any atom is 0.0813 e. The normalized spacial score (nSPS) is 23.1. The molecule has 4 heteroatoms. The Morgan fingerprint density at radius 3 is 3.17 bits per heavy atom. The van der Waals surface area contributed by atoms with Crippen LogP contribution >= 0.6 is 11.3 Å². The number of nitrogens with zero attached hydrogens (tertiary/aromatic N) is 1. The third-order valence-corrected chi connectivity index (χ3v) is 4.60. The van der Waals surface area contributed by atoms with Gasteiger partial charge in [-0.25, -0.2) is 4.98 Å². The molecule has 2 heterocycles. The van der Waals surface area contributed by atoms with Crippen LogP contribution in [0.4, 0.5) is 5.69 Å². The Labute approximate surface area is 112 Å². The van der Waals surface area contributed by atoms with Crippen LogP contribution in [0.25, 0.3) is 10.2 Å². The van der Waals surface area contributed by atoms with Crippen molar-refractivity contribution in [3.05, 3.63) is 23.7 Å². The van der Waals surface area contributed by atoms with Gasteiger partial charge in [-0.1, -0.05) is 13.8 Å². The van der Waals surface area contributed by atoms with Crippen molar-refractivity contribution in [1.29, 1.82) is 0 Å². The van der Waals surface area contributed by atoms with E-state index in [9.17, 15) is 0 Å². The molecule has 0 bridgehead atoms. The van der Waals surface area contributed by atoms with Crippen LogP contribution in [0, 0.1) is 5.41 Å². The zero-order valence-electron chi connectivity index (χ0n) is 10.9. The Bertz CT molecular complexity index is 547. The van der Waals surface area contributed by atoms with Crippen molar-refractivity contribution in [1.82, 2.24) is 10.3 Å². The molecule has 1 atom stereocenters. The molecule has 1 fully saturated rings. The minimum Gasteiger partial charge on any atom is -0.382 e. The van der Waals surface area contributed by atoms with Gasteiger partial charge in [0.25, 0.3) is 0 Å². The monoisotopic (exact) mass is 261 g/mol. The Balaban J connectivity index is 1.82. The molecule has 0 radical (unpaired) electrons. The van der Waals surface area contributed by atoms with Gasteiger partial charge in [-0.05, 0) is 36.6 Å². The largest absolute Gasteiger partial charge is 0.382 e. The zero-order chi connectivity index (χ0) is 12.6. The fourth-order valence-corrected chi connectivity index (χ4v) is 3.30. The number of benzene rings is 1. The number of thiazole rings is 1. The highest BCUT2D eigenvalue weighted by molar-refractivity contribution is 7.16. The predicted molar refractivity (Wildman–Crippen MR) is 78.3 cm³/mol. The minimum absolute atomic E-state index is 0.293. The third kappa shape index (κ3) is 2.22. The number of fused-ring (bicyclic) bond motifs is 1. The number of aromatic nitrogens is 1. The molecule has 0 amide bonds. The molecule has 1 aliphatic heterocycles. The molecule has 2 aromatic rings. The van der Waals surface area contributed by atoms with Crippen LogP contribution in [-0.2, 0) is 0 Å². The Morgan fingerprint density at radius 1 is 1.44 bits per heavy atom. The average molecular weight is 261 g/mol. The molecule has 0 aliphatic carbocycles. The Hall–Kier alpha value is -1.13. The van der Waals surface area contributed by atoms with Crippen molar-refractivity contribution in [2.45, 2.75) is 26.3 Å². The molecule has 0 saturated carbocycles. The lowest BCUT2D eigenvalue weighted by Gasteiger charge is -2.40. The number of rotatable bonds is 2. The molecular weight excluding hydrogens is 242 g/mol. The summed E-state index contributed by atoms with van der Waals surface area (Å²) in [5, 5.41) is 7.16. The summed E-state index contributed by atoms with van der Waals surface area (Å²) in [7, 11) is 0. The first-order valence-electron chi connectivity index (χ1n) is 6.46. The fraction of sp³-hybridized carbons (Fsp3) is 0.500. The van der Waals surface area contributed by atoms with Crippen LogP contribution in [0.15, 0.2) is 23.7 Å². The van der Waals surface area contributed by atoms with E-state index in [0.717, 1.165) is 18.6 Å². The second kappa shape index (κ2) is 4.52. The lowest BCUT2D eigenvalue weighted by atomic mass is 9.80. The van der Waals surface area contributed by atoms with Crippen LogP contribution in [-0.4, -0.2) is 24.1 Å². The summed E-state index contributed by atoms with van der Waals surface area (Å²) in [6.07, 6.45) is 1.17. The van der Waals surface area contributed by atoms with Crippen molar-refractivity contribution in [3.8, 4) is 0 Å². The summed E-state index contributed by atoms with van der Waals surface area (Å²) in [5.41, 5.74) is 4.51. The van der Waals surface area contributed by atoms with Crippen molar-refractivity contribution >= 4 is 27.2 Å². The average Bonchev–Trinajstić information content (AvgIpc) is 2.79. The maximum atomic E-state index is 4.32. The zero-order valence-corrected chi connectivity index (χ0v) is 11.7. The summed E-state index contributed by atoms with van der Waals surface area (Å²) in [6.45, 7) is 6.82. The van der Waals surface area contributed by atoms with Crippen molar-refractivity contribution in [2.24, 2.45) is 5.41 Å². The highest BCUT2D eigenvalue weighted by atomic mass is 32.1. The molecule has 96 valence electrons. The molecule has 1 aliphatic rings. The summed E-state index contributed by atoms with van der Waals surface area (Å²) >= 11 is 1.70. The summed E-state index contributed by atoms with van der Waals surface area (Å²) in [4.78, 5) is 4.32. The minimum atomic E-state index is 0.293. The van der Waals surface area contributed by atoms with E-state index >= 15 is 0 Å². The predicted octanol–water partition coefficient (Wildman–Crippen LogP) is 3.10. The number of hydrogen-bond donors (Lipinski definition) is 2. The molecule has 0 spiro atoms. The molecular formula is C14H19N3S. The van der Waals surface area contributed by atoms with Gasteiger partial charge in [-0.15, -0.1) is 11.3 Å². The quantitative estimate of drug-likeness (QED) is 0.872. The standard InChI is InChI=1S/C14H19N3S/c1-14(2)8-15-6-5-13(14)17-10-3-4-11-12(7-10)18-9-16-11/h3-4,7,9,13,15,17H,5-6,8H2,1-2H3. The van der Waals surface area contributed by atoms with Gasteiger partial charge in [0.15, 0.2) is 0 Å². The fourth-order valence-electron chi connectivity index (χ4n) is 2.58. The summed E-state index contributed by atoms with van der Waals surface area (Å²) in [6, 6.07) is 6.98. The number of piperidine rings is 1. The van der Waals surface area contributed by atoms with Crippen LogP contribution in [0.2, 0.25) is 0 Å². The van der Waals surface area contributed by atoms with Crippen LogP contribution in [0.5, 0.6) is 0 Å². The SMILES string of the molecule is CC1(C)CNCCC1Nc1ccc2ncsc2c1. The van der Waals surface area contributed by atoms with Gasteiger partial charge in [0, 0.05) is 18.3 Å². The van der Waals surface area contributed by atoms with E-state index in [1.807, 2.05) is 5.51 Å². The number of anilines is 1. The highest BCUT2D eigenvalue weighted by Crippen LogP contribution is 2.29. The van der Waals surface area contributed by atoms with E-state index in [1.54, 1.807) is 11.3 Å². The van der Waals surface area contributed by atoms with Gasteiger partial charge in [-0.2, -0.15) is 0 Å². The molecule has 3 nitrogen and oxygen atoms in total. The lowest BCUT2D eigenvalue weighted by molar-refractivity contribution is 0.236. The van der Waals surface area contributed by atoms with Crippen LogP contribution in [0.3, 0.4) is 0 Å². The van der Waals surface area contributed by atoms with Crippen molar-refractivity contribution in [3.63, 3.8) is 0 Å². The smallest absolute Gasteiger partial charge is 0.0813 e. The first-order valence-corrected chi connectivity index (χ1v) is 7.34. The van der Waals surface area contributed by atoms with Crippen molar-refractivity contribution < 1.29 is 0 Å². The van der Waals surface area contributed by atoms with Crippen LogP contribution < -0.4 is 10.6 Å². The Morgan fingerprint density at radius 2 is 2.33 bits per heavy atom. The first kappa shape index (κ1) is 11.9. The molecule has 1 aromatic carbocycles. The molecule has 18 heavy (non-hydrogen) atoms.